The maximum Gasteiger partial charge on any atom is 3.00 e. The molecule has 0 aromatic carbocycles. The summed E-state index contributed by atoms with van der Waals surface area (Å²) >= 11 is 0. The molecular weight excluding hydrogens is 266 g/mol. The second-order valence-electron chi connectivity index (χ2n) is 0. The summed E-state index contributed by atoms with van der Waals surface area (Å²) in [6.07, 6.45) is 0. The van der Waals surface area contributed by atoms with Crippen molar-refractivity contribution in [1.29, 1.82) is 0 Å². The molecule has 7 heavy (non-hydrogen) atoms. The van der Waals surface area contributed by atoms with E-state index >= 15 is 0 Å². The van der Waals surface area contributed by atoms with Crippen LogP contribution in [0.2, 0.25) is 0 Å². The van der Waals surface area contributed by atoms with E-state index in [-0.39, 0.29) is 72.1 Å². The van der Waals surface area contributed by atoms with E-state index in [1.54, 1.807) is 0 Å². The van der Waals surface area contributed by atoms with Crippen molar-refractivity contribution in [3.8, 4) is 0 Å². The molecule has 0 spiro atoms. The molecular formula is H4Nb2O5. The molecule has 0 unspecified atom stereocenters. The van der Waals surface area contributed by atoms with Crippen LogP contribution in [0.5, 0.6) is 0 Å². The molecule has 0 aliphatic carbocycles. The van der Waals surface area contributed by atoms with Gasteiger partial charge in [0.25, 0.3) is 0 Å². The Morgan fingerprint density at radius 3 is 0.429 bits per heavy atom. The summed E-state index contributed by atoms with van der Waals surface area (Å²) in [5.41, 5.74) is 0. The van der Waals surface area contributed by atoms with Crippen LogP contribution in [0.4, 0.5) is 0 Å². The Bertz CT molecular complexity index is 6.04. The minimum Gasteiger partial charge on any atom is -2.00 e. The molecule has 0 heterocycles. The minimum absolute atomic E-state index is 0. The Morgan fingerprint density at radius 1 is 0.429 bits per heavy atom. The predicted octanol–water partition coefficient (Wildman–Crippen LogP) is -0.831. The van der Waals surface area contributed by atoms with Gasteiger partial charge in [0, 0.05) is 0 Å². The van der Waals surface area contributed by atoms with Gasteiger partial charge in [-0.05, 0) is 0 Å². The third-order valence-electron chi connectivity index (χ3n) is 0. The Hall–Kier alpha value is 1.28. The van der Waals surface area contributed by atoms with E-state index < -0.39 is 0 Å². The van der Waals surface area contributed by atoms with Gasteiger partial charge in [0.2, 0.25) is 0 Å². The molecule has 5 nitrogen and oxygen atoms in total. The summed E-state index contributed by atoms with van der Waals surface area (Å²) in [4.78, 5) is 0. The van der Waals surface area contributed by atoms with Crippen LogP contribution in [0.3, 0.4) is 0 Å². The zero-order chi connectivity index (χ0) is 0. The summed E-state index contributed by atoms with van der Waals surface area (Å²) in [6, 6.07) is 0. The van der Waals surface area contributed by atoms with E-state index in [1.165, 1.54) is 0 Å². The average molecular weight is 270 g/mol. The molecule has 0 amide bonds. The van der Waals surface area contributed by atoms with Gasteiger partial charge in [-0.3, -0.25) is 0 Å². The molecule has 4 N–H and O–H groups in total. The zero-order valence-corrected chi connectivity index (χ0v) is 7.49. The molecule has 0 bridgehead atoms. The van der Waals surface area contributed by atoms with Crippen LogP contribution in [0, 0.1) is 0 Å². The van der Waals surface area contributed by atoms with Gasteiger partial charge in [0.05, 0.1) is 0 Å². The second-order valence-corrected chi connectivity index (χ2v) is 0. The van der Waals surface area contributed by atoms with Gasteiger partial charge < -0.3 is 27.4 Å². The van der Waals surface area contributed by atoms with Gasteiger partial charge in [-0.15, -0.1) is 0 Å². The molecule has 0 radical (unpaired) electrons. The molecule has 7 heteroatoms. The molecule has 0 saturated carbocycles. The SMILES string of the molecule is [Nb+3].[Nb+3].[O-2].[OH-].[OH-].[OH-].[OH-]. The van der Waals surface area contributed by atoms with E-state index in [2.05, 4.69) is 0 Å². The van der Waals surface area contributed by atoms with Crippen LogP contribution in [0.25, 0.3) is 0 Å². The summed E-state index contributed by atoms with van der Waals surface area (Å²) in [6.45, 7) is 0. The van der Waals surface area contributed by atoms with Gasteiger partial charge in [-0.1, -0.05) is 0 Å². The summed E-state index contributed by atoms with van der Waals surface area (Å²) < 4.78 is 0. The fraction of sp³-hybridized carbons (Fsp3) is 0. The Kier molecular flexibility index (Phi) is 6700. The van der Waals surface area contributed by atoms with Crippen LogP contribution >= 0.6 is 0 Å². The van der Waals surface area contributed by atoms with E-state index in [0.29, 0.717) is 0 Å². The molecule has 0 fully saturated rings. The van der Waals surface area contributed by atoms with Crippen molar-refractivity contribution in [2.45, 2.75) is 0 Å². The first-order valence-corrected chi connectivity index (χ1v) is 0. The van der Waals surface area contributed by atoms with Crippen LogP contribution in [0.15, 0.2) is 0 Å². The average Bonchev–Trinajstić information content (AvgIpc) is 0. The van der Waals surface area contributed by atoms with Crippen molar-refractivity contribution in [2.75, 3.05) is 0 Å². The van der Waals surface area contributed by atoms with Crippen LogP contribution in [0.1, 0.15) is 0 Å². The molecule has 44 valence electrons. The molecule has 0 saturated heterocycles. The molecule has 0 aliphatic heterocycles. The van der Waals surface area contributed by atoms with Crippen molar-refractivity contribution in [3.63, 3.8) is 0 Å². The quantitative estimate of drug-likeness (QED) is 0.527. The molecule has 0 aliphatic rings. The predicted molar refractivity (Wildman–Crippen MR) is 8.43 cm³/mol. The first-order valence-electron chi connectivity index (χ1n) is 0. The normalized spacial score (nSPS) is 0. The molecule has 0 aromatic heterocycles. The topological polar surface area (TPSA) is 148 Å². The Labute approximate surface area is 72.0 Å². The Morgan fingerprint density at radius 2 is 0.429 bits per heavy atom. The van der Waals surface area contributed by atoms with Gasteiger partial charge in [-0.25, -0.2) is 0 Å². The standard InChI is InChI=1S/2Nb.4H2O.O/h;;4*1H2;/q2*+3;;;;;-2/p-4. The van der Waals surface area contributed by atoms with Gasteiger partial charge in [-0.2, -0.15) is 0 Å². The summed E-state index contributed by atoms with van der Waals surface area (Å²) in [7, 11) is 0. The van der Waals surface area contributed by atoms with E-state index in [0.717, 1.165) is 0 Å². The molecule has 0 aromatic rings. The fourth-order valence-corrected chi connectivity index (χ4v) is 0. The van der Waals surface area contributed by atoms with Gasteiger partial charge in [0.1, 0.15) is 0 Å². The molecule has 0 rings (SSSR count). The van der Waals surface area contributed by atoms with Crippen molar-refractivity contribution in [1.82, 2.24) is 0 Å². The number of hydrogen-bond acceptors (Lipinski definition) is 4. The zero-order valence-electron chi connectivity index (χ0n) is 3.09. The first kappa shape index (κ1) is 268. The van der Waals surface area contributed by atoms with Crippen molar-refractivity contribution < 1.29 is 72.1 Å². The second kappa shape index (κ2) is 175. The minimum atomic E-state index is 0. The van der Waals surface area contributed by atoms with Crippen LogP contribution < -0.4 is 0 Å². The fourth-order valence-electron chi connectivity index (χ4n) is 0. The monoisotopic (exact) mass is 270 g/mol. The van der Waals surface area contributed by atoms with E-state index in [9.17, 15) is 0 Å². The summed E-state index contributed by atoms with van der Waals surface area (Å²) in [5, 5.41) is 0. The van der Waals surface area contributed by atoms with Crippen molar-refractivity contribution in [3.05, 3.63) is 0 Å². The van der Waals surface area contributed by atoms with Crippen LogP contribution in [-0.4, -0.2) is 21.9 Å². The third kappa shape index (κ3) is 124. The largest absolute Gasteiger partial charge is 3.00 e. The van der Waals surface area contributed by atoms with Gasteiger partial charge in [0.15, 0.2) is 0 Å². The van der Waals surface area contributed by atoms with Gasteiger partial charge >= 0.3 is 44.8 Å². The molecule has 0 atom stereocenters. The Balaban J connectivity index is 0. The van der Waals surface area contributed by atoms with Crippen molar-refractivity contribution in [2.24, 2.45) is 0 Å². The van der Waals surface area contributed by atoms with E-state index in [4.69, 9.17) is 0 Å². The number of hydrogen-bond donors (Lipinski definition) is 0. The number of rotatable bonds is 0. The third-order valence-corrected chi connectivity index (χ3v) is 0. The first-order chi connectivity index (χ1) is 0. The van der Waals surface area contributed by atoms with E-state index in [1.807, 2.05) is 0 Å². The maximum atomic E-state index is 0. The van der Waals surface area contributed by atoms with Crippen LogP contribution in [-0.2, 0) is 50.2 Å². The summed E-state index contributed by atoms with van der Waals surface area (Å²) in [5.74, 6) is 0. The smallest absolute Gasteiger partial charge is 2.00 e. The van der Waals surface area contributed by atoms with Crippen molar-refractivity contribution >= 4 is 0 Å². The maximum absolute atomic E-state index is 0.